The van der Waals surface area contributed by atoms with Gasteiger partial charge in [0, 0.05) is 62.0 Å². The zero-order chi connectivity index (χ0) is 32.4. The normalized spacial score (nSPS) is 25.5. The molecule has 0 saturated carbocycles. The van der Waals surface area contributed by atoms with E-state index in [2.05, 4.69) is 37.6 Å². The number of phenolic OH excluding ortho intramolecular Hbond substituents is 1. The summed E-state index contributed by atoms with van der Waals surface area (Å²) in [5.41, 5.74) is 0.951. The molecular weight excluding hydrogens is 602 g/mol. The molecule has 2 bridgehead atoms. The maximum Gasteiger partial charge on any atom is 0.319 e. The van der Waals surface area contributed by atoms with Crippen molar-refractivity contribution in [1.82, 2.24) is 25.2 Å². The molecule has 2 aromatic carbocycles. The highest BCUT2D eigenvalue weighted by molar-refractivity contribution is 6.03. The third-order valence-corrected chi connectivity index (χ3v) is 10.4. The number of anilines is 1. The number of nitrogens with one attached hydrogen (secondary N) is 1. The topological polar surface area (TPSA) is 95.9 Å². The fourth-order valence-electron chi connectivity index (χ4n) is 8.38. The highest BCUT2D eigenvalue weighted by atomic mass is 19.1. The summed E-state index contributed by atoms with van der Waals surface area (Å²) in [5, 5.41) is 15.4. The Bertz CT molecular complexity index is 1970. The summed E-state index contributed by atoms with van der Waals surface area (Å²) in [5.74, 6) is 1.47. The van der Waals surface area contributed by atoms with Crippen molar-refractivity contribution >= 4 is 27.5 Å². The Balaban J connectivity index is 1.25. The van der Waals surface area contributed by atoms with E-state index >= 15 is 4.39 Å². The van der Waals surface area contributed by atoms with Gasteiger partial charge < -0.3 is 24.8 Å². The van der Waals surface area contributed by atoms with Gasteiger partial charge in [0.15, 0.2) is 5.82 Å². The molecule has 4 aliphatic rings. The average Bonchev–Trinajstić information content (AvgIpc) is 3.69. The molecule has 0 spiro atoms. The lowest BCUT2D eigenvalue weighted by atomic mass is 9.94. The highest BCUT2D eigenvalue weighted by Gasteiger charge is 2.51. The summed E-state index contributed by atoms with van der Waals surface area (Å²) in [7, 11) is 1.72. The van der Waals surface area contributed by atoms with Crippen LogP contribution in [0.15, 0.2) is 42.6 Å². The van der Waals surface area contributed by atoms with Gasteiger partial charge in [-0.1, -0.05) is 24.1 Å². The van der Waals surface area contributed by atoms with E-state index < -0.39 is 11.6 Å². The number of pyridine rings is 1. The Morgan fingerprint density at radius 3 is 2.74 bits per heavy atom. The predicted molar refractivity (Wildman–Crippen MR) is 176 cm³/mol. The van der Waals surface area contributed by atoms with Crippen LogP contribution in [0.4, 0.5) is 14.6 Å². The van der Waals surface area contributed by atoms with Crippen LogP contribution in [0.3, 0.4) is 0 Å². The molecule has 11 heteroatoms. The van der Waals surface area contributed by atoms with Crippen LogP contribution in [0, 0.1) is 24.0 Å². The summed E-state index contributed by atoms with van der Waals surface area (Å²) in [6.45, 7) is 7.44. The summed E-state index contributed by atoms with van der Waals surface area (Å²) >= 11 is 0. The second kappa shape index (κ2) is 11.4. The summed E-state index contributed by atoms with van der Waals surface area (Å²) in [4.78, 5) is 18.7. The number of halogens is 2. The molecule has 9 nitrogen and oxygen atoms in total. The number of terminal acetylenes is 1. The molecule has 4 fully saturated rings. The Labute approximate surface area is 271 Å². The number of ether oxygens (including phenoxy) is 2. The first kappa shape index (κ1) is 30.0. The maximum atomic E-state index is 16.9. The van der Waals surface area contributed by atoms with Crippen LogP contribution in [0.2, 0.25) is 0 Å². The number of methoxy groups -OCH3 is 1. The fourth-order valence-corrected chi connectivity index (χ4v) is 8.38. The van der Waals surface area contributed by atoms with Crippen LogP contribution >= 0.6 is 0 Å². The van der Waals surface area contributed by atoms with Crippen molar-refractivity contribution in [3.63, 3.8) is 0 Å². The Hall–Kier alpha value is -4.37. The van der Waals surface area contributed by atoms with E-state index in [9.17, 15) is 9.50 Å². The first-order valence-electron chi connectivity index (χ1n) is 16.1. The van der Waals surface area contributed by atoms with Gasteiger partial charge in [0.2, 0.25) is 0 Å². The van der Waals surface area contributed by atoms with Gasteiger partial charge >= 0.3 is 6.01 Å². The molecule has 2 unspecified atom stereocenters. The van der Waals surface area contributed by atoms with Crippen molar-refractivity contribution < 1.29 is 23.4 Å². The van der Waals surface area contributed by atoms with E-state index in [1.165, 1.54) is 24.3 Å². The maximum absolute atomic E-state index is 16.9. The number of piperazine rings is 1. The van der Waals surface area contributed by atoms with Crippen molar-refractivity contribution in [2.24, 2.45) is 0 Å². The van der Waals surface area contributed by atoms with Crippen LogP contribution in [-0.4, -0.2) is 88.6 Å². The molecule has 0 radical (unpaired) electrons. The largest absolute Gasteiger partial charge is 0.508 e. The molecule has 4 aliphatic heterocycles. The van der Waals surface area contributed by atoms with E-state index in [0.717, 1.165) is 44.2 Å². The van der Waals surface area contributed by atoms with Gasteiger partial charge in [-0.3, -0.25) is 9.88 Å². The number of aromatic nitrogens is 3. The molecule has 0 aliphatic carbocycles. The molecular formula is C36H36F2N6O3. The second-order valence-electron chi connectivity index (χ2n) is 13.4. The average molecular weight is 639 g/mol. The van der Waals surface area contributed by atoms with Crippen molar-refractivity contribution in [1.29, 1.82) is 0 Å². The summed E-state index contributed by atoms with van der Waals surface area (Å²) in [6, 6.07) is 6.51. The minimum absolute atomic E-state index is 0.0323. The first-order valence-corrected chi connectivity index (χ1v) is 16.1. The SMILES string of the molecule is C#Cc1c(F)ccc2cc(O)cc(-c3ncc4c(N5CC6CCC(C5)N6)nc(OC[C@]56CC[C@H](COC)N5CC(=C)C6)nc4c3F)c12. The number of fused-ring (bicyclic) bond motifs is 5. The van der Waals surface area contributed by atoms with E-state index in [0.29, 0.717) is 55.0 Å². The number of phenols is 1. The van der Waals surface area contributed by atoms with Gasteiger partial charge in [-0.2, -0.15) is 9.97 Å². The zero-order valence-corrected chi connectivity index (χ0v) is 26.2. The van der Waals surface area contributed by atoms with E-state index in [4.69, 9.17) is 20.9 Å². The lowest BCUT2D eigenvalue weighted by Crippen LogP contribution is -2.51. The molecule has 0 amide bonds. The number of nitrogens with zero attached hydrogens (tertiary/aromatic N) is 5. The molecule has 4 aromatic rings. The minimum atomic E-state index is -0.733. The molecule has 47 heavy (non-hydrogen) atoms. The number of hydrogen-bond donors (Lipinski definition) is 2. The van der Waals surface area contributed by atoms with Crippen LogP contribution < -0.4 is 15.0 Å². The molecule has 4 atom stereocenters. The number of aromatic hydroxyl groups is 1. The number of rotatable bonds is 7. The van der Waals surface area contributed by atoms with Gasteiger partial charge in [-0.15, -0.1) is 6.42 Å². The quantitative estimate of drug-likeness (QED) is 0.216. The van der Waals surface area contributed by atoms with Gasteiger partial charge in [0.25, 0.3) is 0 Å². The summed E-state index contributed by atoms with van der Waals surface area (Å²) in [6.07, 6.45) is 12.1. The second-order valence-corrected chi connectivity index (χ2v) is 13.4. The number of hydrogen-bond acceptors (Lipinski definition) is 9. The van der Waals surface area contributed by atoms with Gasteiger partial charge in [-0.05, 0) is 55.7 Å². The standard InChI is InChI=1S/C36H36F2N6O3/c1-4-26-29(37)8-5-21-11-25(45)12-27(30(21)26)32-31(38)33-28(14-39-32)34(43-16-22-6-7-23(17-43)40-22)42-35(41-33)47-19-36-10-9-24(18-46-3)44(36)15-20(2)13-36/h1,5,8,11-12,14,22-24,40,45H,2,6-7,9-10,13,15-19H2,3H3/t22?,23?,24-,36-/m1/s1. The molecule has 4 saturated heterocycles. The Morgan fingerprint density at radius 1 is 1.17 bits per heavy atom. The van der Waals surface area contributed by atoms with Gasteiger partial charge in [0.1, 0.15) is 35.2 Å². The lowest BCUT2D eigenvalue weighted by molar-refractivity contribution is 0.0522. The Morgan fingerprint density at radius 2 is 1.98 bits per heavy atom. The summed E-state index contributed by atoms with van der Waals surface area (Å²) < 4.78 is 43.7. The molecule has 2 N–H and O–H groups in total. The van der Waals surface area contributed by atoms with Crippen LogP contribution in [0.25, 0.3) is 32.9 Å². The monoisotopic (exact) mass is 638 g/mol. The van der Waals surface area contributed by atoms with Crippen molar-refractivity contribution in [3.8, 4) is 35.4 Å². The van der Waals surface area contributed by atoms with E-state index in [-0.39, 0.29) is 51.1 Å². The van der Waals surface area contributed by atoms with Crippen LogP contribution in [-0.2, 0) is 4.74 Å². The predicted octanol–water partition coefficient (Wildman–Crippen LogP) is 4.94. The molecule has 2 aromatic heterocycles. The zero-order valence-electron chi connectivity index (χ0n) is 26.2. The third kappa shape index (κ3) is 4.98. The Kier molecular flexibility index (Phi) is 7.28. The van der Waals surface area contributed by atoms with E-state index in [1.807, 2.05) is 0 Å². The molecule has 242 valence electrons. The lowest BCUT2D eigenvalue weighted by Gasteiger charge is -2.35. The van der Waals surface area contributed by atoms with Crippen LogP contribution in [0.5, 0.6) is 11.8 Å². The highest BCUT2D eigenvalue weighted by Crippen LogP contribution is 2.45. The first-order chi connectivity index (χ1) is 22.8. The van der Waals surface area contributed by atoms with Crippen LogP contribution in [0.1, 0.15) is 37.7 Å². The minimum Gasteiger partial charge on any atom is -0.508 e. The fraction of sp³-hybridized carbons (Fsp3) is 0.417. The smallest absolute Gasteiger partial charge is 0.319 e. The number of benzene rings is 2. The van der Waals surface area contributed by atoms with Crippen molar-refractivity contribution in [3.05, 3.63) is 59.8 Å². The van der Waals surface area contributed by atoms with E-state index in [1.54, 1.807) is 13.3 Å². The van der Waals surface area contributed by atoms with Gasteiger partial charge in [0.05, 0.1) is 23.1 Å². The van der Waals surface area contributed by atoms with Crippen molar-refractivity contribution in [2.75, 3.05) is 44.9 Å². The third-order valence-electron chi connectivity index (χ3n) is 10.4. The van der Waals surface area contributed by atoms with Crippen molar-refractivity contribution in [2.45, 2.75) is 55.8 Å². The molecule has 6 heterocycles. The van der Waals surface area contributed by atoms with Gasteiger partial charge in [-0.25, -0.2) is 8.78 Å². The molecule has 8 rings (SSSR count).